The molecule has 5 nitrogen and oxygen atoms in total. The number of hydrogen-bond donors (Lipinski definition) is 0. The molecule has 2 aromatic heterocycles. The van der Waals surface area contributed by atoms with Crippen molar-refractivity contribution in [2.75, 3.05) is 0 Å². The normalized spacial score (nSPS) is 12.5. The maximum absolute atomic E-state index is 12.3. The Morgan fingerprint density at radius 3 is 2.62 bits per heavy atom. The number of thioether (sulfide) groups is 1. The van der Waals surface area contributed by atoms with Crippen molar-refractivity contribution in [1.29, 1.82) is 0 Å². The van der Waals surface area contributed by atoms with Crippen LogP contribution in [0.3, 0.4) is 0 Å². The van der Waals surface area contributed by atoms with E-state index in [1.165, 1.54) is 16.9 Å². The third-order valence-corrected chi connectivity index (χ3v) is 6.50. The topological polar surface area (TPSA) is 52.7 Å². The molecule has 0 aliphatic rings. The maximum atomic E-state index is 12.3. The third-order valence-electron chi connectivity index (χ3n) is 4.35. The molecule has 0 radical (unpaired) electrons. The molecular weight excluding hydrogens is 364 g/mol. The molecule has 1 atom stereocenters. The van der Waals surface area contributed by atoms with Gasteiger partial charge in [0.1, 0.15) is 0 Å². The van der Waals surface area contributed by atoms with Crippen molar-refractivity contribution in [3.8, 4) is 0 Å². The molecule has 132 valence electrons. The largest absolute Gasteiger partial charge is 0.308 e. The Kier molecular flexibility index (Phi) is 4.65. The van der Waals surface area contributed by atoms with Crippen LogP contribution in [0.1, 0.15) is 23.6 Å². The van der Waals surface area contributed by atoms with Crippen LogP contribution < -0.4 is 4.87 Å². The van der Waals surface area contributed by atoms with Crippen LogP contribution in [0.15, 0.2) is 64.5 Å². The highest BCUT2D eigenvalue weighted by molar-refractivity contribution is 7.99. The van der Waals surface area contributed by atoms with Crippen LogP contribution in [-0.2, 0) is 13.6 Å². The fraction of sp³-hybridized carbons (Fsp3) is 0.211. The van der Waals surface area contributed by atoms with Gasteiger partial charge in [-0.15, -0.1) is 10.2 Å². The number of thiazole rings is 1. The number of para-hydroxylation sites is 1. The molecule has 0 saturated heterocycles. The lowest BCUT2D eigenvalue weighted by molar-refractivity contribution is 0.681. The number of hydrogen-bond acceptors (Lipinski definition) is 5. The average Bonchev–Trinajstić information content (AvgIpc) is 3.17. The van der Waals surface area contributed by atoms with Gasteiger partial charge in [-0.2, -0.15) is 0 Å². The number of fused-ring (bicyclic) bond motifs is 1. The van der Waals surface area contributed by atoms with Crippen LogP contribution >= 0.6 is 23.1 Å². The minimum atomic E-state index is 0.0288. The first-order valence-electron chi connectivity index (χ1n) is 8.31. The number of benzene rings is 2. The second-order valence-electron chi connectivity index (χ2n) is 6.05. The van der Waals surface area contributed by atoms with E-state index in [-0.39, 0.29) is 10.1 Å². The monoisotopic (exact) mass is 382 g/mol. The lowest BCUT2D eigenvalue weighted by atomic mass is 10.2. The van der Waals surface area contributed by atoms with Gasteiger partial charge in [0.25, 0.3) is 0 Å². The highest BCUT2D eigenvalue weighted by Gasteiger charge is 2.16. The molecule has 0 N–H and O–H groups in total. The van der Waals surface area contributed by atoms with Gasteiger partial charge in [0.2, 0.25) is 0 Å². The fourth-order valence-electron chi connectivity index (χ4n) is 2.84. The zero-order chi connectivity index (χ0) is 18.1. The van der Waals surface area contributed by atoms with E-state index in [9.17, 15) is 4.79 Å². The van der Waals surface area contributed by atoms with E-state index >= 15 is 0 Å². The molecule has 7 heteroatoms. The zero-order valence-electron chi connectivity index (χ0n) is 14.5. The van der Waals surface area contributed by atoms with Crippen molar-refractivity contribution in [3.63, 3.8) is 0 Å². The van der Waals surface area contributed by atoms with E-state index in [0.717, 1.165) is 21.2 Å². The van der Waals surface area contributed by atoms with Crippen molar-refractivity contribution < 1.29 is 0 Å². The maximum Gasteiger partial charge on any atom is 0.308 e. The predicted octanol–water partition coefficient (Wildman–Crippen LogP) is 4.09. The molecule has 4 aromatic rings. The standard InChI is InChI=1S/C19H18N4OS2/c1-13(14-8-4-3-5-9-14)25-18-21-20-17(22(18)2)12-23-15-10-6-7-11-16(15)26-19(23)24/h3-11,13H,12H2,1-2H3/t13-/m1/s1. The lowest BCUT2D eigenvalue weighted by Crippen LogP contribution is -2.16. The second-order valence-corrected chi connectivity index (χ2v) is 8.35. The smallest absolute Gasteiger partial charge is 0.308 e. The molecule has 0 aliphatic heterocycles. The summed E-state index contributed by atoms with van der Waals surface area (Å²) in [5, 5.41) is 9.78. The van der Waals surface area contributed by atoms with E-state index < -0.39 is 0 Å². The van der Waals surface area contributed by atoms with E-state index in [0.29, 0.717) is 6.54 Å². The molecule has 26 heavy (non-hydrogen) atoms. The van der Waals surface area contributed by atoms with Crippen molar-refractivity contribution in [2.45, 2.75) is 23.9 Å². The summed E-state index contributed by atoms with van der Waals surface area (Å²) in [6.45, 7) is 2.58. The van der Waals surface area contributed by atoms with Gasteiger partial charge < -0.3 is 4.57 Å². The lowest BCUT2D eigenvalue weighted by Gasteiger charge is -2.11. The molecule has 0 amide bonds. The minimum Gasteiger partial charge on any atom is -0.308 e. The van der Waals surface area contributed by atoms with Crippen LogP contribution in [0, 0.1) is 0 Å². The molecule has 0 saturated carbocycles. The molecule has 2 aromatic carbocycles. The van der Waals surface area contributed by atoms with E-state index in [1.807, 2.05) is 54.1 Å². The molecule has 4 rings (SSSR count). The van der Waals surface area contributed by atoms with Crippen molar-refractivity contribution in [1.82, 2.24) is 19.3 Å². The Labute approximate surface area is 159 Å². The van der Waals surface area contributed by atoms with Gasteiger partial charge >= 0.3 is 4.87 Å². The van der Waals surface area contributed by atoms with Gasteiger partial charge in [-0.25, -0.2) is 0 Å². The third kappa shape index (κ3) is 3.20. The summed E-state index contributed by atoms with van der Waals surface area (Å²) in [6.07, 6.45) is 0. The number of aromatic nitrogens is 4. The SMILES string of the molecule is C[C@@H](Sc1nnc(Cn2c(=O)sc3ccccc32)n1C)c1ccccc1. The van der Waals surface area contributed by atoms with Crippen LogP contribution in [0.5, 0.6) is 0 Å². The first-order valence-corrected chi connectivity index (χ1v) is 10.0. The average molecular weight is 383 g/mol. The second kappa shape index (κ2) is 7.09. The Morgan fingerprint density at radius 2 is 1.81 bits per heavy atom. The Bertz CT molecular complexity index is 1100. The van der Waals surface area contributed by atoms with E-state index in [2.05, 4.69) is 29.3 Å². The summed E-state index contributed by atoms with van der Waals surface area (Å²) in [6, 6.07) is 18.2. The van der Waals surface area contributed by atoms with Crippen LogP contribution in [-0.4, -0.2) is 19.3 Å². The predicted molar refractivity (Wildman–Crippen MR) is 107 cm³/mol. The molecule has 0 spiro atoms. The first-order chi connectivity index (χ1) is 12.6. The molecule has 0 aliphatic carbocycles. The van der Waals surface area contributed by atoms with E-state index in [1.54, 1.807) is 16.3 Å². The minimum absolute atomic E-state index is 0.0288. The highest BCUT2D eigenvalue weighted by Crippen LogP contribution is 2.33. The fourth-order valence-corrected chi connectivity index (χ4v) is 4.69. The van der Waals surface area contributed by atoms with Crippen molar-refractivity contribution >= 4 is 33.3 Å². The zero-order valence-corrected chi connectivity index (χ0v) is 16.1. The summed E-state index contributed by atoms with van der Waals surface area (Å²) in [7, 11) is 1.95. The van der Waals surface area contributed by atoms with Gasteiger partial charge in [-0.3, -0.25) is 9.36 Å². The summed E-state index contributed by atoms with van der Waals surface area (Å²) in [4.78, 5) is 12.4. The Balaban J connectivity index is 1.59. The summed E-state index contributed by atoms with van der Waals surface area (Å²) >= 11 is 2.93. The molecule has 2 heterocycles. The quantitative estimate of drug-likeness (QED) is 0.488. The van der Waals surface area contributed by atoms with Gasteiger partial charge in [0.15, 0.2) is 11.0 Å². The van der Waals surface area contributed by atoms with Crippen molar-refractivity contribution in [3.05, 3.63) is 75.7 Å². The molecule has 0 bridgehead atoms. The van der Waals surface area contributed by atoms with E-state index in [4.69, 9.17) is 0 Å². The Hall–Kier alpha value is -2.38. The molecule has 0 fully saturated rings. The number of rotatable bonds is 5. The summed E-state index contributed by atoms with van der Waals surface area (Å²) < 4.78 is 4.73. The summed E-state index contributed by atoms with van der Waals surface area (Å²) in [5.74, 6) is 0.776. The highest BCUT2D eigenvalue weighted by atomic mass is 32.2. The van der Waals surface area contributed by atoms with Crippen LogP contribution in [0.25, 0.3) is 10.2 Å². The van der Waals surface area contributed by atoms with Crippen LogP contribution in [0.2, 0.25) is 0 Å². The van der Waals surface area contributed by atoms with Crippen LogP contribution in [0.4, 0.5) is 0 Å². The van der Waals surface area contributed by atoms with Gasteiger partial charge in [0.05, 0.1) is 16.8 Å². The molecular formula is C19H18N4OS2. The van der Waals surface area contributed by atoms with Gasteiger partial charge in [-0.05, 0) is 24.6 Å². The van der Waals surface area contributed by atoms with Gasteiger partial charge in [-0.1, -0.05) is 65.6 Å². The molecule has 0 unspecified atom stereocenters. The first kappa shape index (κ1) is 17.1. The summed E-state index contributed by atoms with van der Waals surface area (Å²) in [5.41, 5.74) is 2.19. The Morgan fingerprint density at radius 1 is 1.08 bits per heavy atom. The van der Waals surface area contributed by atoms with Gasteiger partial charge in [0, 0.05) is 12.3 Å². The number of nitrogens with zero attached hydrogens (tertiary/aromatic N) is 4. The van der Waals surface area contributed by atoms with Crippen molar-refractivity contribution in [2.24, 2.45) is 7.05 Å².